The third-order valence-corrected chi connectivity index (χ3v) is 4.21. The molecule has 1 aliphatic heterocycles. The standard InChI is InChI=1S/C20H29N3O4/c1-5-17(24)21-16-8-6-7-14(13-16)18(25)22-15-9-11-23(12-10-15)19(26)27-20(2,3)4/h6-8,13,15H,5,9-12H2,1-4H3,(H,21,24)(H,22,25). The van der Waals surface area contributed by atoms with Crippen molar-refractivity contribution in [3.63, 3.8) is 0 Å². The number of hydrogen-bond acceptors (Lipinski definition) is 4. The first kappa shape index (κ1) is 20.7. The average Bonchev–Trinajstić information content (AvgIpc) is 2.61. The number of benzene rings is 1. The zero-order chi connectivity index (χ0) is 20.0. The van der Waals surface area contributed by atoms with Gasteiger partial charge < -0.3 is 20.3 Å². The van der Waals surface area contributed by atoms with Gasteiger partial charge >= 0.3 is 6.09 Å². The number of likely N-dealkylation sites (tertiary alicyclic amines) is 1. The van der Waals surface area contributed by atoms with Crippen LogP contribution in [0.4, 0.5) is 10.5 Å². The molecule has 0 bridgehead atoms. The summed E-state index contributed by atoms with van der Waals surface area (Å²) in [5, 5.41) is 5.76. The van der Waals surface area contributed by atoms with Gasteiger partial charge in [0.05, 0.1) is 0 Å². The Bertz CT molecular complexity index is 689. The van der Waals surface area contributed by atoms with Gasteiger partial charge in [-0.15, -0.1) is 0 Å². The summed E-state index contributed by atoms with van der Waals surface area (Å²) < 4.78 is 5.38. The molecule has 2 N–H and O–H groups in total. The fourth-order valence-electron chi connectivity index (χ4n) is 2.79. The van der Waals surface area contributed by atoms with E-state index in [0.29, 0.717) is 43.6 Å². The summed E-state index contributed by atoms with van der Waals surface area (Å²) in [5.41, 5.74) is 0.591. The van der Waals surface area contributed by atoms with Crippen LogP contribution in [0.5, 0.6) is 0 Å². The molecule has 27 heavy (non-hydrogen) atoms. The maximum atomic E-state index is 12.5. The van der Waals surface area contributed by atoms with E-state index in [1.165, 1.54) is 0 Å². The van der Waals surface area contributed by atoms with Crippen molar-refractivity contribution in [3.8, 4) is 0 Å². The number of carbonyl (C=O) groups excluding carboxylic acids is 3. The maximum Gasteiger partial charge on any atom is 0.410 e. The minimum absolute atomic E-state index is 0.00470. The quantitative estimate of drug-likeness (QED) is 0.846. The lowest BCUT2D eigenvalue weighted by Crippen LogP contribution is -2.47. The normalized spacial score (nSPS) is 15.2. The van der Waals surface area contributed by atoms with Crippen LogP contribution in [0.25, 0.3) is 0 Å². The highest BCUT2D eigenvalue weighted by Gasteiger charge is 2.27. The van der Waals surface area contributed by atoms with Gasteiger partial charge in [0.2, 0.25) is 5.91 Å². The first-order valence-corrected chi connectivity index (χ1v) is 9.36. The first-order chi connectivity index (χ1) is 12.7. The SMILES string of the molecule is CCC(=O)Nc1cccc(C(=O)NC2CCN(C(=O)OC(C)(C)C)CC2)c1. The van der Waals surface area contributed by atoms with Crippen LogP contribution in [-0.4, -0.2) is 47.5 Å². The second-order valence-electron chi connectivity index (χ2n) is 7.70. The Kier molecular flexibility index (Phi) is 6.82. The van der Waals surface area contributed by atoms with Gasteiger partial charge in [0, 0.05) is 36.8 Å². The summed E-state index contributed by atoms with van der Waals surface area (Å²) in [6.45, 7) is 8.40. The number of amides is 3. The molecule has 1 aromatic carbocycles. The second-order valence-corrected chi connectivity index (χ2v) is 7.70. The molecule has 0 saturated carbocycles. The van der Waals surface area contributed by atoms with Crippen molar-refractivity contribution in [1.29, 1.82) is 0 Å². The van der Waals surface area contributed by atoms with Gasteiger partial charge in [0.1, 0.15) is 5.60 Å². The van der Waals surface area contributed by atoms with E-state index >= 15 is 0 Å². The molecule has 1 aliphatic rings. The van der Waals surface area contributed by atoms with E-state index in [1.807, 2.05) is 20.8 Å². The molecule has 148 valence electrons. The lowest BCUT2D eigenvalue weighted by molar-refractivity contribution is -0.115. The largest absolute Gasteiger partial charge is 0.444 e. The molecule has 7 heteroatoms. The lowest BCUT2D eigenvalue weighted by atomic mass is 10.0. The van der Waals surface area contributed by atoms with Crippen LogP contribution in [0.2, 0.25) is 0 Å². The van der Waals surface area contributed by atoms with Gasteiger partial charge in [-0.25, -0.2) is 4.79 Å². The Labute approximate surface area is 160 Å². The molecule has 1 saturated heterocycles. The number of nitrogens with one attached hydrogen (secondary N) is 2. The van der Waals surface area contributed by atoms with Crippen molar-refractivity contribution in [1.82, 2.24) is 10.2 Å². The van der Waals surface area contributed by atoms with E-state index in [1.54, 1.807) is 36.1 Å². The van der Waals surface area contributed by atoms with Crippen molar-refractivity contribution < 1.29 is 19.1 Å². The van der Waals surface area contributed by atoms with E-state index in [2.05, 4.69) is 10.6 Å². The van der Waals surface area contributed by atoms with Crippen LogP contribution < -0.4 is 10.6 Å². The predicted octanol–water partition coefficient (Wildman–Crippen LogP) is 3.16. The number of nitrogens with zero attached hydrogens (tertiary/aromatic N) is 1. The van der Waals surface area contributed by atoms with Gasteiger partial charge in [-0.1, -0.05) is 13.0 Å². The fraction of sp³-hybridized carbons (Fsp3) is 0.550. The Morgan fingerprint density at radius 1 is 1.19 bits per heavy atom. The molecule has 0 aliphatic carbocycles. The molecule has 1 fully saturated rings. The molecular weight excluding hydrogens is 346 g/mol. The van der Waals surface area contributed by atoms with Gasteiger partial charge in [-0.05, 0) is 51.8 Å². The highest BCUT2D eigenvalue weighted by molar-refractivity contribution is 5.97. The monoisotopic (exact) mass is 375 g/mol. The lowest BCUT2D eigenvalue weighted by Gasteiger charge is -2.33. The van der Waals surface area contributed by atoms with Crippen molar-refractivity contribution in [3.05, 3.63) is 29.8 Å². The predicted molar refractivity (Wildman–Crippen MR) is 104 cm³/mol. The molecule has 0 atom stereocenters. The van der Waals surface area contributed by atoms with Crippen LogP contribution in [0, 0.1) is 0 Å². The van der Waals surface area contributed by atoms with Gasteiger partial charge in [-0.3, -0.25) is 9.59 Å². The summed E-state index contributed by atoms with van der Waals surface area (Å²) in [7, 11) is 0. The minimum atomic E-state index is -0.514. The molecule has 1 aromatic rings. The van der Waals surface area contributed by atoms with Crippen molar-refractivity contribution in [2.45, 2.75) is 58.6 Å². The Morgan fingerprint density at radius 2 is 1.85 bits per heavy atom. The summed E-state index contributed by atoms with van der Waals surface area (Å²) >= 11 is 0. The number of piperidine rings is 1. The van der Waals surface area contributed by atoms with Crippen LogP contribution in [-0.2, 0) is 9.53 Å². The third-order valence-electron chi connectivity index (χ3n) is 4.21. The van der Waals surface area contributed by atoms with Crippen LogP contribution in [0.15, 0.2) is 24.3 Å². The number of carbonyl (C=O) groups is 3. The first-order valence-electron chi connectivity index (χ1n) is 9.36. The molecular formula is C20H29N3O4. The van der Waals surface area contributed by atoms with Crippen LogP contribution in [0.3, 0.4) is 0 Å². The molecule has 1 heterocycles. The highest BCUT2D eigenvalue weighted by Crippen LogP contribution is 2.17. The zero-order valence-corrected chi connectivity index (χ0v) is 16.5. The molecule has 2 rings (SSSR count). The average molecular weight is 375 g/mol. The Hall–Kier alpha value is -2.57. The Balaban J connectivity index is 1.86. The van der Waals surface area contributed by atoms with Crippen LogP contribution in [0.1, 0.15) is 57.3 Å². The van der Waals surface area contributed by atoms with Crippen molar-refractivity contribution >= 4 is 23.6 Å². The highest BCUT2D eigenvalue weighted by atomic mass is 16.6. The van der Waals surface area contributed by atoms with Gasteiger partial charge in [-0.2, -0.15) is 0 Å². The third kappa shape index (κ3) is 6.58. The van der Waals surface area contributed by atoms with E-state index < -0.39 is 5.60 Å². The minimum Gasteiger partial charge on any atom is -0.444 e. The maximum absolute atomic E-state index is 12.5. The van der Waals surface area contributed by atoms with Gasteiger partial charge in [0.25, 0.3) is 5.91 Å². The summed E-state index contributed by atoms with van der Waals surface area (Å²) in [6.07, 6.45) is 1.42. The summed E-state index contributed by atoms with van der Waals surface area (Å²) in [5.74, 6) is -0.277. The smallest absolute Gasteiger partial charge is 0.410 e. The van der Waals surface area contributed by atoms with E-state index in [0.717, 1.165) is 0 Å². The zero-order valence-electron chi connectivity index (χ0n) is 16.5. The van der Waals surface area contributed by atoms with E-state index in [-0.39, 0.29) is 23.9 Å². The summed E-state index contributed by atoms with van der Waals surface area (Å²) in [4.78, 5) is 37.8. The molecule has 0 spiro atoms. The second kappa shape index (κ2) is 8.88. The number of hydrogen-bond donors (Lipinski definition) is 2. The molecule has 0 radical (unpaired) electrons. The molecule has 0 unspecified atom stereocenters. The van der Waals surface area contributed by atoms with Crippen molar-refractivity contribution in [2.24, 2.45) is 0 Å². The molecule has 3 amide bonds. The van der Waals surface area contributed by atoms with E-state index in [9.17, 15) is 14.4 Å². The van der Waals surface area contributed by atoms with Crippen LogP contribution >= 0.6 is 0 Å². The topological polar surface area (TPSA) is 87.7 Å². The Morgan fingerprint density at radius 3 is 2.44 bits per heavy atom. The summed E-state index contributed by atoms with van der Waals surface area (Å²) in [6, 6.07) is 6.88. The fourth-order valence-corrected chi connectivity index (χ4v) is 2.79. The van der Waals surface area contributed by atoms with E-state index in [4.69, 9.17) is 4.74 Å². The molecule has 7 nitrogen and oxygen atoms in total. The number of ether oxygens (including phenoxy) is 1. The van der Waals surface area contributed by atoms with Crippen molar-refractivity contribution in [2.75, 3.05) is 18.4 Å². The number of anilines is 1. The molecule has 0 aromatic heterocycles. The number of rotatable bonds is 4. The van der Waals surface area contributed by atoms with Gasteiger partial charge in [0.15, 0.2) is 0 Å².